The Morgan fingerprint density at radius 1 is 1.44 bits per heavy atom. The van der Waals surface area contributed by atoms with Crippen molar-refractivity contribution >= 4 is 16.9 Å². The molecule has 0 spiro atoms. The number of likely N-dealkylation sites (tertiary alicyclic amines) is 1. The van der Waals surface area contributed by atoms with Crippen LogP contribution < -0.4 is 4.74 Å². The van der Waals surface area contributed by atoms with E-state index in [0.29, 0.717) is 12.5 Å². The largest absolute Gasteiger partial charge is 0.497 e. The number of furan rings is 1. The highest BCUT2D eigenvalue weighted by Crippen LogP contribution is 2.27. The van der Waals surface area contributed by atoms with Crippen molar-refractivity contribution in [3.63, 3.8) is 0 Å². The Kier molecular flexibility index (Phi) is 4.17. The van der Waals surface area contributed by atoms with Gasteiger partial charge in [-0.1, -0.05) is 0 Å². The number of piperidine rings is 1. The van der Waals surface area contributed by atoms with Gasteiger partial charge in [-0.2, -0.15) is 0 Å². The van der Waals surface area contributed by atoms with Gasteiger partial charge in [-0.25, -0.2) is 4.98 Å². The monoisotopic (exact) mass is 339 g/mol. The third-order valence-corrected chi connectivity index (χ3v) is 4.90. The molecule has 0 aliphatic carbocycles. The van der Waals surface area contributed by atoms with Gasteiger partial charge in [0.1, 0.15) is 11.3 Å². The quantitative estimate of drug-likeness (QED) is 0.733. The van der Waals surface area contributed by atoms with E-state index in [9.17, 15) is 4.79 Å². The fourth-order valence-corrected chi connectivity index (χ4v) is 3.51. The number of imidazole rings is 1. The second kappa shape index (κ2) is 6.63. The van der Waals surface area contributed by atoms with Crippen molar-refractivity contribution in [2.75, 3.05) is 20.2 Å². The molecule has 1 aliphatic heterocycles. The first-order valence-corrected chi connectivity index (χ1v) is 8.54. The molecule has 1 fully saturated rings. The average Bonchev–Trinajstić information content (AvgIpc) is 3.32. The zero-order valence-electron chi connectivity index (χ0n) is 14.2. The molecule has 3 aromatic rings. The van der Waals surface area contributed by atoms with Crippen LogP contribution in [0.4, 0.5) is 0 Å². The predicted molar refractivity (Wildman–Crippen MR) is 93.5 cm³/mol. The SMILES string of the molecule is COc1ccc2c(CC(=O)N3CCC[C@H](n4ccnc4)C3)coc2c1. The third-order valence-electron chi connectivity index (χ3n) is 4.90. The van der Waals surface area contributed by atoms with Gasteiger partial charge in [-0.15, -0.1) is 0 Å². The van der Waals surface area contributed by atoms with Gasteiger partial charge in [0.2, 0.25) is 5.91 Å². The molecule has 0 saturated carbocycles. The molecule has 6 nitrogen and oxygen atoms in total. The maximum absolute atomic E-state index is 12.8. The fraction of sp³-hybridized carbons (Fsp3) is 0.368. The average molecular weight is 339 g/mol. The van der Waals surface area contributed by atoms with Gasteiger partial charge < -0.3 is 18.6 Å². The maximum Gasteiger partial charge on any atom is 0.227 e. The van der Waals surface area contributed by atoms with Gasteiger partial charge in [0.25, 0.3) is 0 Å². The van der Waals surface area contributed by atoms with E-state index in [1.807, 2.05) is 35.6 Å². The molecule has 1 atom stereocenters. The standard InChI is InChI=1S/C19H21N3O3/c1-24-16-4-5-17-14(12-25-18(17)10-16)9-19(23)21-7-2-3-15(11-21)22-8-6-20-13-22/h4-6,8,10,12-13,15H,2-3,7,9,11H2,1H3/t15-/m0/s1. The zero-order valence-corrected chi connectivity index (χ0v) is 14.2. The highest BCUT2D eigenvalue weighted by atomic mass is 16.5. The Morgan fingerprint density at radius 2 is 2.36 bits per heavy atom. The number of rotatable bonds is 4. The summed E-state index contributed by atoms with van der Waals surface area (Å²) in [5, 5.41) is 0.970. The highest BCUT2D eigenvalue weighted by molar-refractivity contribution is 5.88. The minimum Gasteiger partial charge on any atom is -0.497 e. The van der Waals surface area contributed by atoms with E-state index in [4.69, 9.17) is 9.15 Å². The molecule has 25 heavy (non-hydrogen) atoms. The molecule has 1 amide bonds. The maximum atomic E-state index is 12.8. The van der Waals surface area contributed by atoms with E-state index in [1.54, 1.807) is 19.6 Å². The number of aromatic nitrogens is 2. The third kappa shape index (κ3) is 3.12. The first-order chi connectivity index (χ1) is 12.2. The molecular formula is C19H21N3O3. The van der Waals surface area contributed by atoms with E-state index in [0.717, 1.165) is 48.2 Å². The van der Waals surface area contributed by atoms with Crippen LogP contribution in [-0.2, 0) is 11.2 Å². The van der Waals surface area contributed by atoms with E-state index in [-0.39, 0.29) is 5.91 Å². The first kappa shape index (κ1) is 15.7. The van der Waals surface area contributed by atoms with Gasteiger partial charge >= 0.3 is 0 Å². The number of carbonyl (C=O) groups is 1. The Bertz CT molecular complexity index is 869. The van der Waals surface area contributed by atoms with Crippen LogP contribution in [0.1, 0.15) is 24.4 Å². The number of carbonyl (C=O) groups excluding carboxylic acids is 1. The molecule has 0 unspecified atom stereocenters. The summed E-state index contributed by atoms with van der Waals surface area (Å²) in [6, 6.07) is 6.00. The molecule has 0 radical (unpaired) electrons. The number of ether oxygens (including phenoxy) is 1. The smallest absolute Gasteiger partial charge is 0.227 e. The lowest BCUT2D eigenvalue weighted by Crippen LogP contribution is -2.41. The molecule has 1 saturated heterocycles. The van der Waals surface area contributed by atoms with E-state index >= 15 is 0 Å². The number of hydrogen-bond donors (Lipinski definition) is 0. The summed E-state index contributed by atoms with van der Waals surface area (Å²) in [7, 11) is 1.63. The Labute approximate surface area is 146 Å². The fourth-order valence-electron chi connectivity index (χ4n) is 3.51. The normalized spacial score (nSPS) is 17.8. The van der Waals surface area contributed by atoms with Crippen LogP contribution >= 0.6 is 0 Å². The van der Waals surface area contributed by atoms with Crippen molar-refractivity contribution in [3.05, 3.63) is 48.7 Å². The minimum atomic E-state index is 0.142. The second-order valence-electron chi connectivity index (χ2n) is 6.45. The molecule has 3 heterocycles. The van der Waals surface area contributed by atoms with Crippen molar-refractivity contribution in [2.24, 2.45) is 0 Å². The number of benzene rings is 1. The summed E-state index contributed by atoms with van der Waals surface area (Å²) in [5.41, 5.74) is 1.67. The van der Waals surface area contributed by atoms with Crippen LogP contribution in [0, 0.1) is 0 Å². The first-order valence-electron chi connectivity index (χ1n) is 8.54. The van der Waals surface area contributed by atoms with Crippen molar-refractivity contribution in [2.45, 2.75) is 25.3 Å². The van der Waals surface area contributed by atoms with Crippen LogP contribution in [0.25, 0.3) is 11.0 Å². The molecule has 130 valence electrons. The van der Waals surface area contributed by atoms with Crippen LogP contribution in [0.15, 0.2) is 47.6 Å². The van der Waals surface area contributed by atoms with Crippen molar-refractivity contribution in [3.8, 4) is 5.75 Å². The van der Waals surface area contributed by atoms with Crippen molar-refractivity contribution in [1.29, 1.82) is 0 Å². The summed E-state index contributed by atoms with van der Waals surface area (Å²) < 4.78 is 12.9. The summed E-state index contributed by atoms with van der Waals surface area (Å²) in [5.74, 6) is 0.891. The van der Waals surface area contributed by atoms with Crippen LogP contribution in [-0.4, -0.2) is 40.6 Å². The number of nitrogens with zero attached hydrogens (tertiary/aromatic N) is 3. The number of methoxy groups -OCH3 is 1. The minimum absolute atomic E-state index is 0.142. The van der Waals surface area contributed by atoms with Crippen LogP contribution in [0.5, 0.6) is 5.75 Å². The van der Waals surface area contributed by atoms with E-state index in [2.05, 4.69) is 9.55 Å². The van der Waals surface area contributed by atoms with Gasteiger partial charge in [-0.05, 0) is 25.0 Å². The molecule has 4 rings (SSSR count). The van der Waals surface area contributed by atoms with E-state index in [1.165, 1.54) is 0 Å². The molecular weight excluding hydrogens is 318 g/mol. The van der Waals surface area contributed by atoms with Crippen molar-refractivity contribution in [1.82, 2.24) is 14.5 Å². The lowest BCUT2D eigenvalue weighted by molar-refractivity contribution is -0.132. The van der Waals surface area contributed by atoms with Gasteiger partial charge in [-0.3, -0.25) is 4.79 Å². The number of fused-ring (bicyclic) bond motifs is 1. The molecule has 1 aromatic carbocycles. The van der Waals surface area contributed by atoms with Crippen LogP contribution in [0.2, 0.25) is 0 Å². The molecule has 2 aromatic heterocycles. The Balaban J connectivity index is 1.48. The predicted octanol–water partition coefficient (Wildman–Crippen LogP) is 3.04. The van der Waals surface area contributed by atoms with Crippen molar-refractivity contribution < 1.29 is 13.9 Å². The highest BCUT2D eigenvalue weighted by Gasteiger charge is 2.25. The molecule has 1 aliphatic rings. The van der Waals surface area contributed by atoms with Crippen LogP contribution in [0.3, 0.4) is 0 Å². The summed E-state index contributed by atoms with van der Waals surface area (Å²) in [6.07, 6.45) is 9.71. The van der Waals surface area contributed by atoms with Gasteiger partial charge in [0.05, 0.1) is 32.2 Å². The van der Waals surface area contributed by atoms with Gasteiger partial charge in [0, 0.05) is 42.5 Å². The van der Waals surface area contributed by atoms with E-state index < -0.39 is 0 Å². The second-order valence-corrected chi connectivity index (χ2v) is 6.45. The summed E-state index contributed by atoms with van der Waals surface area (Å²) >= 11 is 0. The molecule has 0 N–H and O–H groups in total. The Hall–Kier alpha value is -2.76. The number of amides is 1. The zero-order chi connectivity index (χ0) is 17.2. The number of hydrogen-bond acceptors (Lipinski definition) is 4. The lowest BCUT2D eigenvalue weighted by atomic mass is 10.0. The summed E-state index contributed by atoms with van der Waals surface area (Å²) in [6.45, 7) is 1.55. The molecule has 6 heteroatoms. The topological polar surface area (TPSA) is 60.5 Å². The Morgan fingerprint density at radius 3 is 3.16 bits per heavy atom. The van der Waals surface area contributed by atoms with Gasteiger partial charge in [0.15, 0.2) is 0 Å². The summed E-state index contributed by atoms with van der Waals surface area (Å²) in [4.78, 5) is 18.9. The lowest BCUT2D eigenvalue weighted by Gasteiger charge is -2.33. The molecule has 0 bridgehead atoms.